The number of hydrogen-bond acceptors (Lipinski definition) is 1. The predicted octanol–water partition coefficient (Wildman–Crippen LogP) is 5.51. The second-order valence-electron chi connectivity index (χ2n) is 6.08. The normalized spacial score (nSPS) is 27.4. The van der Waals surface area contributed by atoms with Gasteiger partial charge in [-0.3, -0.25) is 0 Å². The van der Waals surface area contributed by atoms with Crippen LogP contribution >= 0.6 is 0 Å². The van der Waals surface area contributed by atoms with Gasteiger partial charge >= 0.3 is 0 Å². The molecule has 1 rings (SSSR count). The summed E-state index contributed by atoms with van der Waals surface area (Å²) in [5.41, 5.74) is 2.00. The first-order chi connectivity index (χ1) is 11.8. The average Bonchev–Trinajstić information content (AvgIpc) is 2.47. The van der Waals surface area contributed by atoms with Gasteiger partial charge in [-0.15, -0.1) is 0 Å². The number of rotatable bonds is 5. The van der Waals surface area contributed by atoms with Crippen LogP contribution in [0.2, 0.25) is 0 Å². The first-order valence-electron chi connectivity index (χ1n) is 9.87. The van der Waals surface area contributed by atoms with Gasteiger partial charge in [0.2, 0.25) is 0 Å². The minimum atomic E-state index is -2.45. The molecule has 0 fully saturated rings. The third-order valence-corrected chi connectivity index (χ3v) is 3.69. The van der Waals surface area contributed by atoms with E-state index < -0.39 is 13.2 Å². The van der Waals surface area contributed by atoms with E-state index in [1.165, 1.54) is 0 Å². The molecule has 1 aliphatic rings. The maximum absolute atomic E-state index is 8.84. The first-order valence-corrected chi connectivity index (χ1v) is 7.37. The lowest BCUT2D eigenvalue weighted by atomic mass is 9.72. The van der Waals surface area contributed by atoms with E-state index in [2.05, 4.69) is 0 Å². The Hall–Kier alpha value is -1.34. The molecule has 0 unspecified atom stereocenters. The van der Waals surface area contributed by atoms with Crippen molar-refractivity contribution in [2.75, 3.05) is 6.61 Å². The number of hydrogen-bond donors (Lipinski definition) is 1. The molecule has 1 nitrogen and oxygen atoms in total. The van der Waals surface area contributed by atoms with Gasteiger partial charge in [0.25, 0.3) is 0 Å². The van der Waals surface area contributed by atoms with Crippen molar-refractivity contribution >= 4 is 0 Å². The van der Waals surface area contributed by atoms with Gasteiger partial charge < -0.3 is 5.11 Å². The lowest BCUT2D eigenvalue weighted by molar-refractivity contribution is 0.342. The summed E-state index contributed by atoms with van der Waals surface area (Å²) in [6, 6.07) is 0. The highest BCUT2D eigenvalue weighted by molar-refractivity contribution is 5.37. The zero-order valence-corrected chi connectivity index (χ0v) is 13.5. The van der Waals surface area contributed by atoms with Gasteiger partial charge in [0.05, 0.1) is 6.61 Å². The molecule has 116 valence electrons. The van der Waals surface area contributed by atoms with Gasteiger partial charge in [-0.25, -0.2) is 0 Å². The maximum Gasteiger partial charge on any atom is 0.0617 e. The van der Waals surface area contributed by atoms with Crippen molar-refractivity contribution < 1.29 is 12.0 Å². The predicted molar refractivity (Wildman–Crippen MR) is 93.2 cm³/mol. The van der Waals surface area contributed by atoms with Gasteiger partial charge in [-0.1, -0.05) is 67.0 Å². The smallest absolute Gasteiger partial charge is 0.0617 e. The molecule has 0 saturated heterocycles. The highest BCUT2D eigenvalue weighted by atomic mass is 16.2. The number of aliphatic hydroxyl groups is 1. The van der Waals surface area contributed by atoms with E-state index in [0.717, 1.165) is 11.1 Å². The van der Waals surface area contributed by atoms with Crippen molar-refractivity contribution in [3.8, 4) is 0 Å². The Bertz CT molecular complexity index is 658. The quantitative estimate of drug-likeness (QED) is 0.662. The minimum Gasteiger partial charge on any atom is -0.392 e. The summed E-state index contributed by atoms with van der Waals surface area (Å²) in [5.74, 6) is 0. The first kappa shape index (κ1) is 11.3. The van der Waals surface area contributed by atoms with E-state index in [1.54, 1.807) is 12.2 Å². The van der Waals surface area contributed by atoms with Gasteiger partial charge in [0.1, 0.15) is 0 Å². The van der Waals surface area contributed by atoms with Crippen molar-refractivity contribution in [1.29, 1.82) is 0 Å². The van der Waals surface area contributed by atoms with E-state index >= 15 is 0 Å². The fourth-order valence-electron chi connectivity index (χ4n) is 2.21. The SMILES string of the molecule is [2H]C([2H])([2H])C1=C(/C=C/C(C)=C\C=C\C(C)=C\CO)C(C)(C)CCC1([2H])[2H]. The van der Waals surface area contributed by atoms with E-state index in [4.69, 9.17) is 12.0 Å². The van der Waals surface area contributed by atoms with Gasteiger partial charge in [0.15, 0.2) is 0 Å². The molecular formula is C20H30O. The molecule has 0 atom stereocenters. The monoisotopic (exact) mass is 291 g/mol. The molecule has 0 radical (unpaired) electrons. The summed E-state index contributed by atoms with van der Waals surface area (Å²) < 4.78 is 39.8. The molecule has 1 heteroatoms. The van der Waals surface area contributed by atoms with Crippen molar-refractivity contribution in [2.45, 2.75) is 53.8 Å². The lowest BCUT2D eigenvalue weighted by Gasteiger charge is -2.32. The topological polar surface area (TPSA) is 20.2 Å². The zero-order valence-electron chi connectivity index (χ0n) is 18.5. The summed E-state index contributed by atoms with van der Waals surface area (Å²) in [4.78, 5) is 0. The largest absolute Gasteiger partial charge is 0.392 e. The Morgan fingerprint density at radius 2 is 2.10 bits per heavy atom. The van der Waals surface area contributed by atoms with E-state index in [-0.39, 0.29) is 24.0 Å². The number of allylic oxidation sites excluding steroid dienone is 9. The third-order valence-electron chi connectivity index (χ3n) is 3.69. The van der Waals surface area contributed by atoms with Crippen LogP contribution in [0.5, 0.6) is 0 Å². The number of aliphatic hydroxyl groups excluding tert-OH is 1. The molecule has 0 aliphatic heterocycles. The van der Waals surface area contributed by atoms with Crippen molar-refractivity contribution in [1.82, 2.24) is 0 Å². The highest BCUT2D eigenvalue weighted by Gasteiger charge is 2.26. The van der Waals surface area contributed by atoms with Crippen molar-refractivity contribution in [3.63, 3.8) is 0 Å². The van der Waals surface area contributed by atoms with Crippen LogP contribution < -0.4 is 0 Å². The zero-order chi connectivity index (χ0) is 20.2. The minimum absolute atomic E-state index is 0.00189. The fraction of sp³-hybridized carbons (Fsp3) is 0.500. The molecule has 0 saturated carbocycles. The van der Waals surface area contributed by atoms with Crippen LogP contribution in [-0.4, -0.2) is 11.7 Å². The molecule has 0 bridgehead atoms. The second-order valence-corrected chi connectivity index (χ2v) is 6.08. The van der Waals surface area contributed by atoms with Crippen LogP contribution in [0, 0.1) is 5.41 Å². The molecule has 1 aliphatic carbocycles. The van der Waals surface area contributed by atoms with Crippen LogP contribution in [0.1, 0.15) is 60.6 Å². The second kappa shape index (κ2) is 8.19. The maximum atomic E-state index is 8.84. The summed E-state index contributed by atoms with van der Waals surface area (Å²) >= 11 is 0. The molecule has 1 N–H and O–H groups in total. The molecular weight excluding hydrogens is 256 g/mol. The summed E-state index contributed by atoms with van der Waals surface area (Å²) in [6.45, 7) is 5.29. The summed E-state index contributed by atoms with van der Waals surface area (Å²) in [6.07, 6.45) is 9.95. The summed E-state index contributed by atoms with van der Waals surface area (Å²) in [7, 11) is 0. The van der Waals surface area contributed by atoms with Crippen molar-refractivity contribution in [3.05, 3.63) is 58.7 Å². The molecule has 0 aromatic rings. The molecule has 0 aromatic heterocycles. The van der Waals surface area contributed by atoms with Gasteiger partial charge in [0, 0.05) is 6.85 Å². The highest BCUT2D eigenvalue weighted by Crippen LogP contribution is 2.40. The molecule has 21 heavy (non-hydrogen) atoms. The van der Waals surface area contributed by atoms with Crippen molar-refractivity contribution in [2.24, 2.45) is 5.41 Å². The van der Waals surface area contributed by atoms with Gasteiger partial charge in [-0.2, -0.15) is 0 Å². The van der Waals surface area contributed by atoms with Crippen LogP contribution in [0.25, 0.3) is 0 Å². The van der Waals surface area contributed by atoms with Crippen LogP contribution in [0.3, 0.4) is 0 Å². The van der Waals surface area contributed by atoms with E-state index in [1.807, 2.05) is 52.0 Å². The van der Waals surface area contributed by atoms with Gasteiger partial charge in [-0.05, 0) is 50.9 Å². The average molecular weight is 291 g/mol. The fourth-order valence-corrected chi connectivity index (χ4v) is 2.21. The Labute approximate surface area is 137 Å². The van der Waals surface area contributed by atoms with Crippen LogP contribution in [0.15, 0.2) is 58.7 Å². The molecule has 0 aromatic carbocycles. The molecule has 0 amide bonds. The Kier molecular flexibility index (Phi) is 4.39. The lowest BCUT2D eigenvalue weighted by Crippen LogP contribution is -2.19. The Morgan fingerprint density at radius 1 is 1.33 bits per heavy atom. The third kappa shape index (κ3) is 5.89. The Balaban J connectivity index is 3.25. The standard InChI is InChI=1S/C20H30O/c1-16(8-6-9-17(2)13-15-21)11-12-19-18(3)10-7-14-20(19,4)5/h6,8-9,11-13,21H,7,10,14-15H2,1-5H3/b9-6+,12-11+,16-8-,17-13+/i3D3,10D2. The van der Waals surface area contributed by atoms with E-state index in [9.17, 15) is 0 Å². The van der Waals surface area contributed by atoms with Crippen LogP contribution in [0.4, 0.5) is 0 Å². The molecule has 0 spiro atoms. The molecule has 0 heterocycles. The van der Waals surface area contributed by atoms with E-state index in [0.29, 0.717) is 12.0 Å². The van der Waals surface area contributed by atoms with Crippen LogP contribution in [-0.2, 0) is 0 Å². The summed E-state index contributed by atoms with van der Waals surface area (Å²) in [5, 5.41) is 8.84. The Morgan fingerprint density at radius 3 is 2.76 bits per heavy atom.